The first kappa shape index (κ1) is 13.2. The van der Waals surface area contributed by atoms with Crippen molar-refractivity contribution in [3.05, 3.63) is 12.7 Å². The number of alkyl halides is 7. The summed E-state index contributed by atoms with van der Waals surface area (Å²) in [5, 5.41) is 0. The Morgan fingerprint density at radius 1 is 1.07 bits per heavy atom. The van der Waals surface area contributed by atoms with Crippen LogP contribution in [0.15, 0.2) is 12.7 Å². The Morgan fingerprint density at radius 3 is 1.79 bits per heavy atom. The zero-order valence-electron chi connectivity index (χ0n) is 6.79. The molecule has 0 N–H and O–H groups in total. The fourth-order valence-corrected chi connectivity index (χ4v) is 0.669. The predicted octanol–water partition coefficient (Wildman–Crippen LogP) is 3.44. The molecule has 0 aliphatic rings. The van der Waals surface area contributed by atoms with Crippen LogP contribution in [0.4, 0.5) is 30.7 Å². The molecule has 0 saturated carbocycles. The molecule has 0 nitrogen and oxygen atoms in total. The molecule has 0 amide bonds. The fourth-order valence-electron chi connectivity index (χ4n) is 0.669. The molecule has 0 bridgehead atoms. The van der Waals surface area contributed by atoms with E-state index in [9.17, 15) is 30.7 Å². The Balaban J connectivity index is 4.50. The quantitative estimate of drug-likeness (QED) is 0.506. The Labute approximate surface area is 75.4 Å². The van der Waals surface area contributed by atoms with Crippen molar-refractivity contribution in [1.82, 2.24) is 0 Å². The maximum Gasteiger partial charge on any atom is 0.392 e. The normalized spacial score (nSPS) is 17.6. The number of hydrogen-bond acceptors (Lipinski definition) is 0. The van der Waals surface area contributed by atoms with Crippen molar-refractivity contribution < 1.29 is 30.7 Å². The van der Waals surface area contributed by atoms with Crippen LogP contribution >= 0.6 is 0 Å². The Morgan fingerprint density at radius 2 is 1.50 bits per heavy atom. The third-order valence-corrected chi connectivity index (χ3v) is 1.40. The minimum Gasteiger partial charge on any atom is -0.240 e. The van der Waals surface area contributed by atoms with Crippen LogP contribution in [0.3, 0.4) is 0 Å². The molecule has 7 heteroatoms. The lowest BCUT2D eigenvalue weighted by molar-refractivity contribution is -0.187. The molecule has 0 aromatic carbocycles. The van der Waals surface area contributed by atoms with E-state index in [0.717, 1.165) is 0 Å². The molecule has 0 aromatic heterocycles. The Hall–Kier alpha value is -0.750. The SMILES string of the molecule is C=CC(F)C(F)(F)C(F)CC(F)(F)F. The van der Waals surface area contributed by atoms with Crippen molar-refractivity contribution >= 4 is 0 Å². The molecular formula is C7H7F7. The molecule has 0 aliphatic carbocycles. The van der Waals surface area contributed by atoms with Crippen LogP contribution in [0.1, 0.15) is 6.42 Å². The van der Waals surface area contributed by atoms with Crippen molar-refractivity contribution in [3.63, 3.8) is 0 Å². The topological polar surface area (TPSA) is 0 Å². The second-order valence-corrected chi connectivity index (χ2v) is 2.60. The van der Waals surface area contributed by atoms with E-state index in [2.05, 4.69) is 6.58 Å². The average Bonchev–Trinajstić information content (AvgIpc) is 1.99. The van der Waals surface area contributed by atoms with Crippen LogP contribution in [0.25, 0.3) is 0 Å². The van der Waals surface area contributed by atoms with Crippen molar-refractivity contribution in [1.29, 1.82) is 0 Å². The highest BCUT2D eigenvalue weighted by Gasteiger charge is 2.51. The van der Waals surface area contributed by atoms with Gasteiger partial charge < -0.3 is 0 Å². The van der Waals surface area contributed by atoms with Gasteiger partial charge in [-0.25, -0.2) is 8.78 Å². The van der Waals surface area contributed by atoms with Gasteiger partial charge in [0.1, 0.15) is 0 Å². The molecule has 84 valence electrons. The van der Waals surface area contributed by atoms with Crippen LogP contribution in [-0.2, 0) is 0 Å². The van der Waals surface area contributed by atoms with Gasteiger partial charge >= 0.3 is 12.1 Å². The lowest BCUT2D eigenvalue weighted by Crippen LogP contribution is -2.41. The minimum atomic E-state index is -5.09. The summed E-state index contributed by atoms with van der Waals surface area (Å²) in [4.78, 5) is 0. The second kappa shape index (κ2) is 4.18. The molecule has 2 atom stereocenters. The summed E-state index contributed by atoms with van der Waals surface area (Å²) in [5.41, 5.74) is 0. The van der Waals surface area contributed by atoms with E-state index in [-0.39, 0.29) is 6.08 Å². The molecule has 0 radical (unpaired) electrons. The number of halogens is 7. The monoisotopic (exact) mass is 224 g/mol. The maximum atomic E-state index is 12.4. The maximum absolute atomic E-state index is 12.4. The smallest absolute Gasteiger partial charge is 0.240 e. The summed E-state index contributed by atoms with van der Waals surface area (Å²) in [6, 6.07) is 0. The Kier molecular flexibility index (Phi) is 3.96. The second-order valence-electron chi connectivity index (χ2n) is 2.60. The highest BCUT2D eigenvalue weighted by molar-refractivity contribution is 4.95. The lowest BCUT2D eigenvalue weighted by atomic mass is 10.1. The molecular weight excluding hydrogens is 217 g/mol. The largest absolute Gasteiger partial charge is 0.392 e. The third-order valence-electron chi connectivity index (χ3n) is 1.40. The highest BCUT2D eigenvalue weighted by atomic mass is 19.4. The van der Waals surface area contributed by atoms with Crippen LogP contribution in [0, 0.1) is 0 Å². The lowest BCUT2D eigenvalue weighted by Gasteiger charge is -2.22. The van der Waals surface area contributed by atoms with Gasteiger partial charge in [-0.05, 0) is 0 Å². The molecule has 0 spiro atoms. The van der Waals surface area contributed by atoms with Crippen LogP contribution < -0.4 is 0 Å². The summed E-state index contributed by atoms with van der Waals surface area (Å²) in [7, 11) is 0. The fraction of sp³-hybridized carbons (Fsp3) is 0.714. The van der Waals surface area contributed by atoms with Gasteiger partial charge in [-0.3, -0.25) is 0 Å². The van der Waals surface area contributed by atoms with Gasteiger partial charge in [-0.2, -0.15) is 22.0 Å². The van der Waals surface area contributed by atoms with E-state index < -0.39 is 30.9 Å². The van der Waals surface area contributed by atoms with Crippen LogP contribution in [0.2, 0.25) is 0 Å². The first-order chi connectivity index (χ1) is 6.11. The summed E-state index contributed by atoms with van der Waals surface area (Å²) in [6.07, 6.45) is -14.1. The van der Waals surface area contributed by atoms with E-state index in [1.54, 1.807) is 0 Å². The zero-order valence-corrected chi connectivity index (χ0v) is 6.79. The molecule has 0 heterocycles. The molecule has 0 aromatic rings. The molecule has 0 fully saturated rings. The van der Waals surface area contributed by atoms with Crippen molar-refractivity contribution in [2.45, 2.75) is 30.9 Å². The van der Waals surface area contributed by atoms with E-state index >= 15 is 0 Å². The van der Waals surface area contributed by atoms with Crippen LogP contribution in [0.5, 0.6) is 0 Å². The van der Waals surface area contributed by atoms with Gasteiger partial charge in [0.15, 0.2) is 12.3 Å². The van der Waals surface area contributed by atoms with Gasteiger partial charge in [-0.15, -0.1) is 0 Å². The molecule has 2 unspecified atom stereocenters. The molecule has 0 saturated heterocycles. The van der Waals surface area contributed by atoms with Crippen molar-refractivity contribution in [2.75, 3.05) is 0 Å². The number of allylic oxidation sites excluding steroid dienone is 1. The van der Waals surface area contributed by atoms with Crippen molar-refractivity contribution in [2.24, 2.45) is 0 Å². The van der Waals surface area contributed by atoms with Gasteiger partial charge in [-0.1, -0.05) is 12.7 Å². The van der Waals surface area contributed by atoms with E-state index in [4.69, 9.17) is 0 Å². The van der Waals surface area contributed by atoms with Gasteiger partial charge in [0.05, 0.1) is 6.42 Å². The number of hydrogen-bond donors (Lipinski definition) is 0. The predicted molar refractivity (Wildman–Crippen MR) is 35.6 cm³/mol. The van der Waals surface area contributed by atoms with Gasteiger partial charge in [0.2, 0.25) is 0 Å². The van der Waals surface area contributed by atoms with Crippen molar-refractivity contribution in [3.8, 4) is 0 Å². The molecule has 0 aliphatic heterocycles. The first-order valence-corrected chi connectivity index (χ1v) is 3.46. The van der Waals surface area contributed by atoms with Gasteiger partial charge in [0, 0.05) is 0 Å². The van der Waals surface area contributed by atoms with E-state index in [1.807, 2.05) is 0 Å². The van der Waals surface area contributed by atoms with Gasteiger partial charge in [0.25, 0.3) is 0 Å². The Bertz CT molecular complexity index is 195. The summed E-state index contributed by atoms with van der Waals surface area (Å²) < 4.78 is 83.9. The van der Waals surface area contributed by atoms with E-state index in [0.29, 0.717) is 0 Å². The standard InChI is InChI=1S/C7H7F7/c1-2-4(8)7(13,14)5(9)3-6(10,11)12/h2,4-5H,1,3H2. The third kappa shape index (κ3) is 3.55. The summed E-state index contributed by atoms with van der Waals surface area (Å²) >= 11 is 0. The summed E-state index contributed by atoms with van der Waals surface area (Å²) in [6.45, 7) is 2.60. The van der Waals surface area contributed by atoms with Crippen LogP contribution in [-0.4, -0.2) is 24.4 Å². The minimum absolute atomic E-state index is 0.0585. The molecule has 14 heavy (non-hydrogen) atoms. The highest BCUT2D eigenvalue weighted by Crippen LogP contribution is 2.35. The number of rotatable bonds is 4. The average molecular weight is 224 g/mol. The zero-order chi connectivity index (χ0) is 11.6. The molecule has 0 rings (SSSR count). The summed E-state index contributed by atoms with van der Waals surface area (Å²) in [5.74, 6) is -4.70. The van der Waals surface area contributed by atoms with E-state index in [1.165, 1.54) is 0 Å². The first-order valence-electron chi connectivity index (χ1n) is 3.46.